The molecule has 0 spiro atoms. The molecule has 1 unspecified atom stereocenters. The van der Waals surface area contributed by atoms with E-state index in [4.69, 9.17) is 9.47 Å². The molecule has 4 nitrogen and oxygen atoms in total. The van der Waals surface area contributed by atoms with Crippen molar-refractivity contribution < 1.29 is 9.47 Å². The highest BCUT2D eigenvalue weighted by Gasteiger charge is 2.32. The Morgan fingerprint density at radius 3 is 2.81 bits per heavy atom. The Bertz CT molecular complexity index is 358. The summed E-state index contributed by atoms with van der Waals surface area (Å²) in [6.45, 7) is 9.62. The highest BCUT2D eigenvalue weighted by atomic mass is 16.7. The molecule has 90 valence electrons. The monoisotopic (exact) mass is 224 g/mol. The predicted molar refractivity (Wildman–Crippen MR) is 61.2 cm³/mol. The number of hydrogen-bond donors (Lipinski definition) is 0. The van der Waals surface area contributed by atoms with Crippen molar-refractivity contribution in [1.82, 2.24) is 9.78 Å². The highest BCUT2D eigenvalue weighted by Crippen LogP contribution is 2.23. The summed E-state index contributed by atoms with van der Waals surface area (Å²) >= 11 is 0. The second-order valence-electron chi connectivity index (χ2n) is 5.10. The van der Waals surface area contributed by atoms with Crippen molar-refractivity contribution in [3.05, 3.63) is 18.0 Å². The molecule has 0 amide bonds. The second-order valence-corrected chi connectivity index (χ2v) is 5.10. The van der Waals surface area contributed by atoms with Gasteiger partial charge in [0.25, 0.3) is 0 Å². The molecule has 16 heavy (non-hydrogen) atoms. The largest absolute Gasteiger partial charge is 0.348 e. The average molecular weight is 224 g/mol. The van der Waals surface area contributed by atoms with Gasteiger partial charge in [-0.1, -0.05) is 13.8 Å². The van der Waals surface area contributed by atoms with Gasteiger partial charge in [-0.05, 0) is 25.3 Å². The first-order chi connectivity index (χ1) is 7.46. The Hall–Kier alpha value is -0.870. The van der Waals surface area contributed by atoms with Gasteiger partial charge in [0.2, 0.25) is 0 Å². The van der Waals surface area contributed by atoms with E-state index in [2.05, 4.69) is 25.1 Å². The minimum Gasteiger partial charge on any atom is -0.348 e. The van der Waals surface area contributed by atoms with Crippen molar-refractivity contribution in [2.45, 2.75) is 52.0 Å². The predicted octanol–water partition coefficient (Wildman–Crippen LogP) is 2.16. The topological polar surface area (TPSA) is 36.3 Å². The summed E-state index contributed by atoms with van der Waals surface area (Å²) in [5.41, 5.74) is 1.26. The Morgan fingerprint density at radius 1 is 1.56 bits per heavy atom. The van der Waals surface area contributed by atoms with E-state index in [9.17, 15) is 0 Å². The fraction of sp³-hybridized carbons (Fsp3) is 0.750. The van der Waals surface area contributed by atoms with Gasteiger partial charge in [0.1, 0.15) is 6.10 Å². The Labute approximate surface area is 96.5 Å². The van der Waals surface area contributed by atoms with Crippen LogP contribution >= 0.6 is 0 Å². The molecule has 0 radical (unpaired) electrons. The van der Waals surface area contributed by atoms with Crippen LogP contribution in [0.15, 0.2) is 12.4 Å². The molecule has 0 aliphatic carbocycles. The molecule has 0 saturated carbocycles. The van der Waals surface area contributed by atoms with Gasteiger partial charge in [0.05, 0.1) is 19.3 Å². The van der Waals surface area contributed by atoms with E-state index in [1.54, 1.807) is 0 Å². The van der Waals surface area contributed by atoms with Gasteiger partial charge in [-0.3, -0.25) is 4.68 Å². The number of hydrogen-bond acceptors (Lipinski definition) is 3. The van der Waals surface area contributed by atoms with Crippen molar-refractivity contribution in [2.24, 2.45) is 0 Å². The van der Waals surface area contributed by atoms with Crippen LogP contribution in [0, 0.1) is 0 Å². The highest BCUT2D eigenvalue weighted by molar-refractivity contribution is 5.08. The average Bonchev–Trinajstić information content (AvgIpc) is 2.73. The molecule has 0 N–H and O–H groups in total. The number of aromatic nitrogens is 2. The molecule has 1 atom stereocenters. The van der Waals surface area contributed by atoms with Crippen molar-refractivity contribution in [3.8, 4) is 0 Å². The smallest absolute Gasteiger partial charge is 0.163 e. The molecule has 0 bridgehead atoms. The Morgan fingerprint density at radius 2 is 2.31 bits per heavy atom. The lowest BCUT2D eigenvalue weighted by Crippen LogP contribution is -2.24. The molecule has 2 heterocycles. The molecule has 0 aromatic carbocycles. The molecular weight excluding hydrogens is 204 g/mol. The second kappa shape index (κ2) is 4.18. The van der Waals surface area contributed by atoms with E-state index in [1.807, 2.05) is 24.7 Å². The minimum atomic E-state index is -0.446. The van der Waals surface area contributed by atoms with Crippen LogP contribution in [0.3, 0.4) is 0 Å². The van der Waals surface area contributed by atoms with Crippen molar-refractivity contribution >= 4 is 0 Å². The van der Waals surface area contributed by atoms with Crippen LogP contribution in [-0.2, 0) is 16.0 Å². The standard InChI is InChI=1S/C12H20N2O2/c1-9(2)10-5-13-14(6-10)7-11-8-15-12(3,4)16-11/h5-6,9,11H,7-8H2,1-4H3. The van der Waals surface area contributed by atoms with Gasteiger partial charge in [0, 0.05) is 6.20 Å². The Balaban J connectivity index is 1.94. The summed E-state index contributed by atoms with van der Waals surface area (Å²) in [6, 6.07) is 0. The molecule has 4 heteroatoms. The zero-order chi connectivity index (χ0) is 11.8. The zero-order valence-electron chi connectivity index (χ0n) is 10.4. The van der Waals surface area contributed by atoms with E-state index in [1.165, 1.54) is 5.56 Å². The summed E-state index contributed by atoms with van der Waals surface area (Å²) in [5, 5.41) is 4.33. The van der Waals surface area contributed by atoms with E-state index in [0.717, 1.165) is 6.54 Å². The van der Waals surface area contributed by atoms with Crippen LogP contribution in [0.1, 0.15) is 39.2 Å². The lowest BCUT2D eigenvalue weighted by atomic mass is 10.1. The lowest BCUT2D eigenvalue weighted by molar-refractivity contribution is -0.139. The third-order valence-electron chi connectivity index (χ3n) is 2.78. The summed E-state index contributed by atoms with van der Waals surface area (Å²) in [7, 11) is 0. The third kappa shape index (κ3) is 2.62. The summed E-state index contributed by atoms with van der Waals surface area (Å²) in [4.78, 5) is 0. The lowest BCUT2D eigenvalue weighted by Gasteiger charge is -2.16. The molecule has 1 fully saturated rings. The van der Waals surface area contributed by atoms with E-state index in [0.29, 0.717) is 12.5 Å². The first-order valence-corrected chi connectivity index (χ1v) is 5.80. The number of rotatable bonds is 3. The maximum atomic E-state index is 5.74. The molecule has 1 aliphatic rings. The van der Waals surface area contributed by atoms with Crippen LogP contribution in [0.4, 0.5) is 0 Å². The SMILES string of the molecule is CC(C)c1cnn(CC2COC(C)(C)O2)c1. The van der Waals surface area contributed by atoms with Gasteiger partial charge in [-0.25, -0.2) is 0 Å². The molecule has 1 aromatic rings. The van der Waals surface area contributed by atoms with E-state index >= 15 is 0 Å². The summed E-state index contributed by atoms with van der Waals surface area (Å²) in [6.07, 6.45) is 4.11. The normalized spacial score (nSPS) is 24.2. The number of ether oxygens (including phenoxy) is 2. The first-order valence-electron chi connectivity index (χ1n) is 5.80. The molecule has 1 aliphatic heterocycles. The van der Waals surface area contributed by atoms with E-state index in [-0.39, 0.29) is 6.10 Å². The van der Waals surface area contributed by atoms with Crippen LogP contribution in [0.5, 0.6) is 0 Å². The zero-order valence-corrected chi connectivity index (χ0v) is 10.4. The fourth-order valence-electron chi connectivity index (χ4n) is 1.84. The maximum Gasteiger partial charge on any atom is 0.163 e. The van der Waals surface area contributed by atoms with Crippen molar-refractivity contribution in [3.63, 3.8) is 0 Å². The van der Waals surface area contributed by atoms with Gasteiger partial charge < -0.3 is 9.47 Å². The number of nitrogens with zero attached hydrogens (tertiary/aromatic N) is 2. The van der Waals surface area contributed by atoms with Crippen molar-refractivity contribution in [2.75, 3.05) is 6.61 Å². The van der Waals surface area contributed by atoms with Gasteiger partial charge in [0.15, 0.2) is 5.79 Å². The maximum absolute atomic E-state index is 5.74. The van der Waals surface area contributed by atoms with Crippen LogP contribution in [0.25, 0.3) is 0 Å². The minimum absolute atomic E-state index is 0.106. The quantitative estimate of drug-likeness (QED) is 0.789. The van der Waals surface area contributed by atoms with Crippen LogP contribution in [-0.4, -0.2) is 28.3 Å². The van der Waals surface area contributed by atoms with Crippen molar-refractivity contribution in [1.29, 1.82) is 0 Å². The third-order valence-corrected chi connectivity index (χ3v) is 2.78. The molecular formula is C12H20N2O2. The molecule has 1 saturated heterocycles. The summed E-state index contributed by atoms with van der Waals surface area (Å²) in [5.74, 6) is 0.0736. The first kappa shape index (κ1) is 11.6. The molecule has 1 aromatic heterocycles. The van der Waals surface area contributed by atoms with Crippen LogP contribution in [0.2, 0.25) is 0 Å². The van der Waals surface area contributed by atoms with Crippen LogP contribution < -0.4 is 0 Å². The molecule has 2 rings (SSSR count). The Kier molecular flexibility index (Phi) is 3.04. The summed E-state index contributed by atoms with van der Waals surface area (Å²) < 4.78 is 13.2. The van der Waals surface area contributed by atoms with E-state index < -0.39 is 5.79 Å². The fourth-order valence-corrected chi connectivity index (χ4v) is 1.84. The van der Waals surface area contributed by atoms with Gasteiger partial charge in [-0.15, -0.1) is 0 Å². The van der Waals surface area contributed by atoms with Gasteiger partial charge >= 0.3 is 0 Å². The van der Waals surface area contributed by atoms with Gasteiger partial charge in [-0.2, -0.15) is 5.10 Å².